The van der Waals surface area contributed by atoms with Gasteiger partial charge in [-0.25, -0.2) is 4.79 Å². The number of carbonyl (C=O) groups is 2. The van der Waals surface area contributed by atoms with E-state index >= 15 is 0 Å². The van der Waals surface area contributed by atoms with E-state index in [2.05, 4.69) is 15.9 Å². The van der Waals surface area contributed by atoms with E-state index in [1.807, 2.05) is 24.3 Å². The number of ketones is 1. The van der Waals surface area contributed by atoms with Crippen molar-refractivity contribution in [3.63, 3.8) is 0 Å². The minimum Gasteiger partial charge on any atom is -0.456 e. The summed E-state index contributed by atoms with van der Waals surface area (Å²) in [5.74, 6) is -0.884. The minimum atomic E-state index is -0.665. The summed E-state index contributed by atoms with van der Waals surface area (Å²) in [6, 6.07) is 7.31. The Morgan fingerprint density at radius 1 is 1.17 bits per heavy atom. The SMILES string of the molecule is CC(C)(C)OC(=O)/C(=C\c1ccc(Br)cc1)C(=O)CCCCO. The van der Waals surface area contributed by atoms with E-state index in [1.165, 1.54) is 0 Å². The van der Waals surface area contributed by atoms with Gasteiger partial charge in [0, 0.05) is 17.5 Å². The summed E-state index contributed by atoms with van der Waals surface area (Å²) in [6.07, 6.45) is 2.84. The van der Waals surface area contributed by atoms with Crippen molar-refractivity contribution in [2.75, 3.05) is 6.61 Å². The van der Waals surface area contributed by atoms with Crippen LogP contribution in [-0.2, 0) is 14.3 Å². The molecule has 1 aromatic carbocycles. The van der Waals surface area contributed by atoms with E-state index in [0.717, 1.165) is 10.0 Å². The zero-order valence-corrected chi connectivity index (χ0v) is 15.4. The smallest absolute Gasteiger partial charge is 0.342 e. The summed E-state index contributed by atoms with van der Waals surface area (Å²) in [5.41, 5.74) is 0.131. The van der Waals surface area contributed by atoms with Crippen LogP contribution in [0.25, 0.3) is 6.08 Å². The van der Waals surface area contributed by atoms with Gasteiger partial charge in [-0.05, 0) is 57.4 Å². The van der Waals surface area contributed by atoms with Crippen molar-refractivity contribution in [3.05, 3.63) is 39.9 Å². The van der Waals surface area contributed by atoms with Crippen LogP contribution in [0.3, 0.4) is 0 Å². The van der Waals surface area contributed by atoms with Crippen LogP contribution in [0.4, 0.5) is 0 Å². The molecule has 0 bridgehead atoms. The highest BCUT2D eigenvalue weighted by molar-refractivity contribution is 9.10. The molecule has 1 rings (SSSR count). The number of hydrogen-bond donors (Lipinski definition) is 1. The van der Waals surface area contributed by atoms with Crippen molar-refractivity contribution >= 4 is 33.8 Å². The van der Waals surface area contributed by atoms with Crippen LogP contribution in [0.2, 0.25) is 0 Å². The van der Waals surface area contributed by atoms with Crippen LogP contribution in [0, 0.1) is 0 Å². The molecule has 0 radical (unpaired) electrons. The van der Waals surface area contributed by atoms with E-state index in [9.17, 15) is 9.59 Å². The Bertz CT molecular complexity index is 568. The van der Waals surface area contributed by atoms with Gasteiger partial charge in [0.15, 0.2) is 5.78 Å². The summed E-state index contributed by atoms with van der Waals surface area (Å²) in [6.45, 7) is 5.32. The van der Waals surface area contributed by atoms with Crippen molar-refractivity contribution in [1.29, 1.82) is 0 Å². The Labute approximate surface area is 145 Å². The molecule has 0 unspecified atom stereocenters. The number of benzene rings is 1. The number of rotatable bonds is 7. The molecule has 5 heteroatoms. The molecule has 1 N–H and O–H groups in total. The number of ether oxygens (including phenoxy) is 1. The molecule has 0 aliphatic carbocycles. The lowest BCUT2D eigenvalue weighted by atomic mass is 10.0. The Balaban J connectivity index is 3.02. The number of halogens is 1. The molecule has 0 aliphatic heterocycles. The summed E-state index contributed by atoms with van der Waals surface area (Å²) >= 11 is 3.35. The summed E-state index contributed by atoms with van der Waals surface area (Å²) in [7, 11) is 0. The summed E-state index contributed by atoms with van der Waals surface area (Å²) in [4.78, 5) is 24.7. The summed E-state index contributed by atoms with van der Waals surface area (Å²) in [5, 5.41) is 8.82. The second-order valence-corrected chi connectivity index (χ2v) is 7.13. The highest BCUT2D eigenvalue weighted by atomic mass is 79.9. The second kappa shape index (κ2) is 8.99. The molecule has 0 aromatic heterocycles. The molecule has 0 atom stereocenters. The van der Waals surface area contributed by atoms with E-state index < -0.39 is 11.6 Å². The number of Topliss-reactive ketones (excluding diaryl/α,β-unsaturated/α-hetero) is 1. The number of hydrogen-bond acceptors (Lipinski definition) is 4. The molecule has 126 valence electrons. The van der Waals surface area contributed by atoms with Gasteiger partial charge in [0.2, 0.25) is 0 Å². The lowest BCUT2D eigenvalue weighted by Gasteiger charge is -2.20. The third-order valence-corrected chi connectivity index (χ3v) is 3.44. The van der Waals surface area contributed by atoms with Gasteiger partial charge < -0.3 is 9.84 Å². The Morgan fingerprint density at radius 3 is 2.30 bits per heavy atom. The Hall–Kier alpha value is -1.46. The monoisotopic (exact) mass is 382 g/mol. The largest absolute Gasteiger partial charge is 0.456 e. The van der Waals surface area contributed by atoms with E-state index in [4.69, 9.17) is 9.84 Å². The first-order valence-corrected chi connectivity index (χ1v) is 8.37. The van der Waals surface area contributed by atoms with Gasteiger partial charge >= 0.3 is 5.97 Å². The van der Waals surface area contributed by atoms with Crippen LogP contribution in [0.15, 0.2) is 34.3 Å². The predicted octanol–water partition coefficient (Wildman–Crippen LogP) is 3.91. The molecule has 23 heavy (non-hydrogen) atoms. The first-order chi connectivity index (χ1) is 10.7. The standard InChI is InChI=1S/C18H23BrO4/c1-18(2,3)23-17(22)15(16(21)6-4-5-11-20)12-13-7-9-14(19)10-8-13/h7-10,12,20H,4-6,11H2,1-3H3/b15-12-. The van der Waals surface area contributed by atoms with Crippen LogP contribution in [0.5, 0.6) is 0 Å². The van der Waals surface area contributed by atoms with Crippen molar-refractivity contribution in [1.82, 2.24) is 0 Å². The number of unbranched alkanes of at least 4 members (excludes halogenated alkanes) is 1. The molecule has 1 aromatic rings. The number of aliphatic hydroxyl groups excluding tert-OH is 1. The third-order valence-electron chi connectivity index (χ3n) is 2.91. The van der Waals surface area contributed by atoms with E-state index in [0.29, 0.717) is 12.8 Å². The fourth-order valence-electron chi connectivity index (χ4n) is 1.84. The van der Waals surface area contributed by atoms with Gasteiger partial charge in [-0.2, -0.15) is 0 Å². The second-order valence-electron chi connectivity index (χ2n) is 6.22. The van der Waals surface area contributed by atoms with Gasteiger partial charge in [0.1, 0.15) is 11.2 Å². The van der Waals surface area contributed by atoms with Gasteiger partial charge in [-0.3, -0.25) is 4.79 Å². The van der Waals surface area contributed by atoms with Crippen molar-refractivity contribution in [2.24, 2.45) is 0 Å². The first-order valence-electron chi connectivity index (χ1n) is 7.57. The number of carbonyl (C=O) groups excluding carboxylic acids is 2. The average molecular weight is 383 g/mol. The van der Waals surface area contributed by atoms with Gasteiger partial charge in [0.05, 0.1) is 0 Å². The topological polar surface area (TPSA) is 63.6 Å². The number of esters is 1. The third kappa shape index (κ3) is 7.57. The first kappa shape index (κ1) is 19.6. The maximum absolute atomic E-state index is 12.4. The molecule has 0 saturated heterocycles. The quantitative estimate of drug-likeness (QED) is 0.255. The zero-order valence-electron chi connectivity index (χ0n) is 13.8. The van der Waals surface area contributed by atoms with Crippen LogP contribution >= 0.6 is 15.9 Å². The van der Waals surface area contributed by atoms with Gasteiger partial charge in [-0.15, -0.1) is 0 Å². The molecule has 0 aliphatic rings. The minimum absolute atomic E-state index is 0.0332. The van der Waals surface area contributed by atoms with Crippen molar-refractivity contribution < 1.29 is 19.4 Å². The number of aliphatic hydroxyl groups is 1. The maximum Gasteiger partial charge on any atom is 0.342 e. The van der Waals surface area contributed by atoms with Gasteiger partial charge in [-0.1, -0.05) is 28.1 Å². The van der Waals surface area contributed by atoms with Crippen LogP contribution in [0.1, 0.15) is 45.6 Å². The van der Waals surface area contributed by atoms with Crippen LogP contribution < -0.4 is 0 Å². The normalized spacial score (nSPS) is 12.1. The van der Waals surface area contributed by atoms with Crippen molar-refractivity contribution in [2.45, 2.75) is 45.6 Å². The Morgan fingerprint density at radius 2 is 1.78 bits per heavy atom. The molecular weight excluding hydrogens is 360 g/mol. The summed E-state index contributed by atoms with van der Waals surface area (Å²) < 4.78 is 6.26. The molecular formula is C18H23BrO4. The Kier molecular flexibility index (Phi) is 7.65. The fourth-order valence-corrected chi connectivity index (χ4v) is 2.11. The molecule has 4 nitrogen and oxygen atoms in total. The fraction of sp³-hybridized carbons (Fsp3) is 0.444. The predicted molar refractivity (Wildman–Crippen MR) is 93.9 cm³/mol. The van der Waals surface area contributed by atoms with Crippen molar-refractivity contribution in [3.8, 4) is 0 Å². The highest BCUT2D eigenvalue weighted by Crippen LogP contribution is 2.18. The lowest BCUT2D eigenvalue weighted by Crippen LogP contribution is -2.27. The lowest BCUT2D eigenvalue weighted by molar-refractivity contribution is -0.150. The van der Waals surface area contributed by atoms with Crippen LogP contribution in [-0.4, -0.2) is 29.1 Å². The maximum atomic E-state index is 12.4. The molecule has 0 heterocycles. The van der Waals surface area contributed by atoms with E-state index in [1.54, 1.807) is 26.8 Å². The molecule has 0 saturated carbocycles. The average Bonchev–Trinajstić information content (AvgIpc) is 2.44. The molecule has 0 amide bonds. The molecule has 0 fully saturated rings. The highest BCUT2D eigenvalue weighted by Gasteiger charge is 2.24. The molecule has 0 spiro atoms. The van der Waals surface area contributed by atoms with Gasteiger partial charge in [0.25, 0.3) is 0 Å². The zero-order chi connectivity index (χ0) is 17.5. The van der Waals surface area contributed by atoms with E-state index in [-0.39, 0.29) is 24.4 Å².